The summed E-state index contributed by atoms with van der Waals surface area (Å²) >= 11 is 5.91. The lowest BCUT2D eigenvalue weighted by Gasteiger charge is -2.29. The summed E-state index contributed by atoms with van der Waals surface area (Å²) < 4.78 is 38.0. The molecule has 0 bridgehead atoms. The fraction of sp³-hybridized carbons (Fsp3) is 0.440. The molecule has 0 aliphatic carbocycles. The number of carbonyl (C=O) groups excluding carboxylic acids is 2. The number of anilines is 1. The van der Waals surface area contributed by atoms with Crippen molar-refractivity contribution in [3.8, 4) is 11.5 Å². The number of benzene rings is 2. The van der Waals surface area contributed by atoms with Crippen LogP contribution in [0.2, 0.25) is 5.02 Å². The Hall–Kier alpha value is -2.82. The van der Waals surface area contributed by atoms with Crippen LogP contribution in [0.15, 0.2) is 36.4 Å². The zero-order valence-corrected chi connectivity index (χ0v) is 21.9. The molecular weight excluding hydrogens is 506 g/mol. The number of hydrogen-bond acceptors (Lipinski definition) is 6. The minimum absolute atomic E-state index is 0.0730. The van der Waals surface area contributed by atoms with Gasteiger partial charge in [-0.25, -0.2) is 8.42 Å². The van der Waals surface area contributed by atoms with Gasteiger partial charge < -0.3 is 19.7 Å². The molecular formula is C25H30ClN3O6S. The number of nitrogens with one attached hydrogen (secondary N) is 1. The number of ether oxygens (including phenoxy) is 2. The monoisotopic (exact) mass is 535 g/mol. The van der Waals surface area contributed by atoms with Crippen molar-refractivity contribution in [2.24, 2.45) is 5.92 Å². The molecule has 2 aromatic carbocycles. The number of sulfonamides is 1. The van der Waals surface area contributed by atoms with Crippen LogP contribution in [0.25, 0.3) is 0 Å². The van der Waals surface area contributed by atoms with Crippen molar-refractivity contribution in [1.82, 2.24) is 9.62 Å². The van der Waals surface area contributed by atoms with Crippen molar-refractivity contribution >= 4 is 39.1 Å². The molecule has 11 heteroatoms. The molecule has 36 heavy (non-hydrogen) atoms. The van der Waals surface area contributed by atoms with Crippen molar-refractivity contribution < 1.29 is 27.5 Å². The Balaban J connectivity index is 1.26. The van der Waals surface area contributed by atoms with Crippen molar-refractivity contribution in [3.05, 3.63) is 52.5 Å². The van der Waals surface area contributed by atoms with E-state index in [1.54, 1.807) is 43.4 Å². The molecule has 2 amide bonds. The van der Waals surface area contributed by atoms with Gasteiger partial charge >= 0.3 is 0 Å². The van der Waals surface area contributed by atoms with Crippen LogP contribution in [-0.2, 0) is 32.6 Å². The summed E-state index contributed by atoms with van der Waals surface area (Å²) in [5, 5.41) is 3.37. The lowest BCUT2D eigenvalue weighted by atomic mass is 10.0. The van der Waals surface area contributed by atoms with Crippen molar-refractivity contribution in [2.45, 2.75) is 25.8 Å². The third-order valence-electron chi connectivity index (χ3n) is 6.59. The Kier molecular flexibility index (Phi) is 8.07. The van der Waals surface area contributed by atoms with E-state index in [-0.39, 0.29) is 50.0 Å². The first-order valence-corrected chi connectivity index (χ1v) is 13.8. The molecule has 0 saturated carbocycles. The summed E-state index contributed by atoms with van der Waals surface area (Å²) in [6.45, 7) is 1.17. The number of halogens is 1. The average Bonchev–Trinajstić information content (AvgIpc) is 3.27. The zero-order chi connectivity index (χ0) is 25.9. The Bertz CT molecular complexity index is 1240. The molecule has 2 aromatic rings. The number of hydrogen-bond donors (Lipinski definition) is 1. The summed E-state index contributed by atoms with van der Waals surface area (Å²) in [6, 6.07) is 10.6. The molecule has 0 radical (unpaired) electrons. The normalized spacial score (nSPS) is 18.1. The van der Waals surface area contributed by atoms with Crippen molar-refractivity contribution in [2.75, 3.05) is 44.5 Å². The molecule has 2 heterocycles. The van der Waals surface area contributed by atoms with E-state index in [4.69, 9.17) is 21.1 Å². The second-order valence-electron chi connectivity index (χ2n) is 8.90. The van der Waals surface area contributed by atoms with E-state index in [2.05, 4.69) is 5.32 Å². The summed E-state index contributed by atoms with van der Waals surface area (Å²) in [6.07, 6.45) is 0.991. The number of fused-ring (bicyclic) bond motifs is 1. The molecule has 9 nitrogen and oxygen atoms in total. The smallest absolute Gasteiger partial charge is 0.227 e. The molecule has 2 aliphatic rings. The van der Waals surface area contributed by atoms with Crippen LogP contribution in [0.1, 0.15) is 24.0 Å². The Labute approximate surface area is 216 Å². The topological polar surface area (TPSA) is 105 Å². The van der Waals surface area contributed by atoms with Gasteiger partial charge in [0.2, 0.25) is 21.8 Å². The third-order valence-corrected chi connectivity index (χ3v) is 8.74. The first kappa shape index (κ1) is 26.2. The largest absolute Gasteiger partial charge is 0.493 e. The van der Waals surface area contributed by atoms with Crippen LogP contribution in [-0.4, -0.2) is 64.1 Å². The molecule has 0 aromatic heterocycles. The predicted molar refractivity (Wildman–Crippen MR) is 137 cm³/mol. The minimum Gasteiger partial charge on any atom is -0.493 e. The van der Waals surface area contributed by atoms with Gasteiger partial charge in [0.15, 0.2) is 11.5 Å². The van der Waals surface area contributed by atoms with Crippen LogP contribution in [0, 0.1) is 5.92 Å². The van der Waals surface area contributed by atoms with Gasteiger partial charge in [-0.3, -0.25) is 9.59 Å². The first-order valence-electron chi connectivity index (χ1n) is 11.8. The molecule has 1 N–H and O–H groups in total. The van der Waals surface area contributed by atoms with Gasteiger partial charge in [0, 0.05) is 43.3 Å². The summed E-state index contributed by atoms with van der Waals surface area (Å²) in [5.74, 6) is 0.276. The quantitative estimate of drug-likeness (QED) is 0.495. The van der Waals surface area contributed by atoms with Crippen molar-refractivity contribution in [1.29, 1.82) is 0 Å². The van der Waals surface area contributed by atoms with E-state index < -0.39 is 15.9 Å². The van der Waals surface area contributed by atoms with Gasteiger partial charge in [0.25, 0.3) is 0 Å². The highest BCUT2D eigenvalue weighted by atomic mass is 35.5. The maximum absolute atomic E-state index is 12.9. The third kappa shape index (κ3) is 5.77. The SMILES string of the molecule is COc1cc2c(cc1OC)CN(S(=O)(=O)CCCNC(=O)C1CC(=O)N(c3ccc(Cl)cc3)C1)CC2. The minimum atomic E-state index is -3.50. The molecule has 2 aliphatic heterocycles. The van der Waals surface area contributed by atoms with Crippen LogP contribution in [0.5, 0.6) is 11.5 Å². The van der Waals surface area contributed by atoms with Crippen LogP contribution in [0.3, 0.4) is 0 Å². The lowest BCUT2D eigenvalue weighted by molar-refractivity contribution is -0.126. The molecule has 1 unspecified atom stereocenters. The molecule has 1 saturated heterocycles. The maximum atomic E-state index is 12.9. The highest BCUT2D eigenvalue weighted by Gasteiger charge is 2.35. The number of carbonyl (C=O) groups is 2. The highest BCUT2D eigenvalue weighted by molar-refractivity contribution is 7.89. The average molecular weight is 536 g/mol. The molecule has 1 atom stereocenters. The van der Waals surface area contributed by atoms with Gasteiger partial charge in [0.1, 0.15) is 0 Å². The summed E-state index contributed by atoms with van der Waals surface area (Å²) in [4.78, 5) is 26.6. The molecule has 194 valence electrons. The summed E-state index contributed by atoms with van der Waals surface area (Å²) in [5.41, 5.74) is 2.64. The molecule has 0 spiro atoms. The highest BCUT2D eigenvalue weighted by Crippen LogP contribution is 2.34. The Morgan fingerprint density at radius 2 is 1.78 bits per heavy atom. The number of nitrogens with zero attached hydrogens (tertiary/aromatic N) is 2. The lowest BCUT2D eigenvalue weighted by Crippen LogP contribution is -2.39. The number of rotatable bonds is 9. The Morgan fingerprint density at radius 1 is 1.11 bits per heavy atom. The second kappa shape index (κ2) is 11.1. The van der Waals surface area contributed by atoms with E-state index in [0.29, 0.717) is 35.2 Å². The van der Waals surface area contributed by atoms with Gasteiger partial charge in [0.05, 0.1) is 25.9 Å². The van der Waals surface area contributed by atoms with E-state index >= 15 is 0 Å². The molecule has 4 rings (SSSR count). The number of methoxy groups -OCH3 is 2. The van der Waals surface area contributed by atoms with E-state index in [1.807, 2.05) is 12.1 Å². The van der Waals surface area contributed by atoms with E-state index in [9.17, 15) is 18.0 Å². The van der Waals surface area contributed by atoms with Gasteiger partial charge in [-0.15, -0.1) is 0 Å². The fourth-order valence-electron chi connectivity index (χ4n) is 4.59. The van der Waals surface area contributed by atoms with Crippen LogP contribution >= 0.6 is 11.6 Å². The van der Waals surface area contributed by atoms with Crippen LogP contribution in [0.4, 0.5) is 5.69 Å². The van der Waals surface area contributed by atoms with Gasteiger partial charge in [-0.1, -0.05) is 11.6 Å². The molecule has 1 fully saturated rings. The van der Waals surface area contributed by atoms with E-state index in [1.165, 1.54) is 4.31 Å². The van der Waals surface area contributed by atoms with Gasteiger partial charge in [-0.05, 0) is 60.4 Å². The Morgan fingerprint density at radius 3 is 2.44 bits per heavy atom. The van der Waals surface area contributed by atoms with Crippen LogP contribution < -0.4 is 19.7 Å². The predicted octanol–water partition coefficient (Wildman–Crippen LogP) is 2.60. The second-order valence-corrected chi connectivity index (χ2v) is 11.4. The van der Waals surface area contributed by atoms with Gasteiger partial charge in [-0.2, -0.15) is 4.31 Å². The zero-order valence-electron chi connectivity index (χ0n) is 20.3. The summed E-state index contributed by atoms with van der Waals surface area (Å²) in [7, 11) is -0.378. The van der Waals surface area contributed by atoms with E-state index in [0.717, 1.165) is 11.1 Å². The fourth-order valence-corrected chi connectivity index (χ4v) is 6.19. The first-order chi connectivity index (χ1) is 17.2. The number of amides is 2. The standard InChI is InChI=1S/C25H30ClN3O6S/c1-34-22-12-17-8-10-28(15-18(17)13-23(22)35-2)36(32,33)11-3-9-27-25(31)19-14-24(30)29(16-19)21-6-4-20(26)5-7-21/h4-7,12-13,19H,3,8-11,14-16H2,1-2H3,(H,27,31). The van der Waals surface area contributed by atoms with Crippen molar-refractivity contribution in [3.63, 3.8) is 0 Å². The maximum Gasteiger partial charge on any atom is 0.227 e.